The monoisotopic (exact) mass is 338 g/mol. The van der Waals surface area contributed by atoms with Crippen molar-refractivity contribution in [3.05, 3.63) is 11.6 Å². The van der Waals surface area contributed by atoms with Crippen LogP contribution in [0.25, 0.3) is 0 Å². The fourth-order valence-corrected chi connectivity index (χ4v) is 5.48. The molecule has 4 heteroatoms. The number of hydrogen-bond donors (Lipinski definition) is 3. The maximum absolute atomic E-state index is 12.8. The van der Waals surface area contributed by atoms with Crippen molar-refractivity contribution in [2.75, 3.05) is 6.61 Å². The number of hydrogen-bond acceptors (Lipinski definition) is 4. The molecule has 138 valence electrons. The standard InChI is InChI=1S/C20H34O4/c1-13-11-15(22)17-18(2,3)8-6-9-19(17,4)14(13)7-10-20(5,24)16(23)12-21/h11,14,16-17,21,23-24H,6-10,12H2,1-5H3. The third-order valence-electron chi connectivity index (χ3n) is 6.81. The molecule has 0 aromatic carbocycles. The van der Waals surface area contributed by atoms with E-state index in [0.29, 0.717) is 12.8 Å². The van der Waals surface area contributed by atoms with Crippen LogP contribution in [0.4, 0.5) is 0 Å². The Morgan fingerprint density at radius 2 is 1.96 bits per heavy atom. The molecule has 0 saturated heterocycles. The van der Waals surface area contributed by atoms with Gasteiger partial charge >= 0.3 is 0 Å². The number of aliphatic hydroxyl groups excluding tert-OH is 2. The maximum atomic E-state index is 12.8. The van der Waals surface area contributed by atoms with E-state index >= 15 is 0 Å². The summed E-state index contributed by atoms with van der Waals surface area (Å²) >= 11 is 0. The quantitative estimate of drug-likeness (QED) is 0.720. The molecule has 0 radical (unpaired) electrons. The Balaban J connectivity index is 2.28. The van der Waals surface area contributed by atoms with Gasteiger partial charge < -0.3 is 15.3 Å². The smallest absolute Gasteiger partial charge is 0.159 e. The second-order valence-corrected chi connectivity index (χ2v) is 9.22. The average Bonchev–Trinajstić information content (AvgIpc) is 2.43. The van der Waals surface area contributed by atoms with Gasteiger partial charge in [-0.1, -0.05) is 32.8 Å². The summed E-state index contributed by atoms with van der Waals surface area (Å²) in [5, 5.41) is 29.4. The first-order chi connectivity index (χ1) is 11.0. The molecule has 3 N–H and O–H groups in total. The highest BCUT2D eigenvalue weighted by Gasteiger charge is 2.55. The van der Waals surface area contributed by atoms with Gasteiger partial charge in [0.25, 0.3) is 0 Å². The molecule has 0 amide bonds. The average molecular weight is 338 g/mol. The molecular formula is C20H34O4. The van der Waals surface area contributed by atoms with Crippen molar-refractivity contribution in [3.63, 3.8) is 0 Å². The van der Waals surface area contributed by atoms with E-state index in [9.17, 15) is 15.0 Å². The van der Waals surface area contributed by atoms with Crippen LogP contribution in [-0.2, 0) is 4.79 Å². The van der Waals surface area contributed by atoms with E-state index < -0.39 is 18.3 Å². The van der Waals surface area contributed by atoms with Crippen LogP contribution in [0.2, 0.25) is 0 Å². The van der Waals surface area contributed by atoms with E-state index in [2.05, 4.69) is 20.8 Å². The molecule has 0 aliphatic heterocycles. The summed E-state index contributed by atoms with van der Waals surface area (Å²) < 4.78 is 0. The molecule has 4 nitrogen and oxygen atoms in total. The van der Waals surface area contributed by atoms with Crippen LogP contribution in [0.15, 0.2) is 11.6 Å². The van der Waals surface area contributed by atoms with Gasteiger partial charge in [0.1, 0.15) is 6.10 Å². The summed E-state index contributed by atoms with van der Waals surface area (Å²) in [6.45, 7) is 9.77. The molecule has 0 bridgehead atoms. The molecule has 0 aromatic heterocycles. The van der Waals surface area contributed by atoms with E-state index in [-0.39, 0.29) is 28.4 Å². The van der Waals surface area contributed by atoms with E-state index in [4.69, 9.17) is 5.11 Å². The van der Waals surface area contributed by atoms with Gasteiger partial charge in [-0.05, 0) is 62.4 Å². The van der Waals surface area contributed by atoms with Crippen molar-refractivity contribution in [1.82, 2.24) is 0 Å². The molecule has 1 saturated carbocycles. The molecule has 0 aromatic rings. The third kappa shape index (κ3) is 3.33. The molecule has 1 fully saturated rings. The normalized spacial score (nSPS) is 36.5. The number of fused-ring (bicyclic) bond motifs is 1. The van der Waals surface area contributed by atoms with Crippen LogP contribution in [0.1, 0.15) is 66.7 Å². The highest BCUT2D eigenvalue weighted by molar-refractivity contribution is 5.94. The lowest BCUT2D eigenvalue weighted by Crippen LogP contribution is -2.53. The lowest BCUT2D eigenvalue weighted by Gasteiger charge is -2.56. The second-order valence-electron chi connectivity index (χ2n) is 9.22. The van der Waals surface area contributed by atoms with Crippen molar-refractivity contribution in [3.8, 4) is 0 Å². The molecule has 0 spiro atoms. The Morgan fingerprint density at radius 3 is 2.54 bits per heavy atom. The highest BCUT2D eigenvalue weighted by atomic mass is 16.4. The Morgan fingerprint density at radius 1 is 1.33 bits per heavy atom. The van der Waals surface area contributed by atoms with Gasteiger partial charge in [-0.25, -0.2) is 0 Å². The van der Waals surface area contributed by atoms with E-state index in [1.54, 1.807) is 13.0 Å². The van der Waals surface area contributed by atoms with E-state index in [1.165, 1.54) is 0 Å². The van der Waals surface area contributed by atoms with Gasteiger partial charge in [-0.2, -0.15) is 0 Å². The molecule has 2 aliphatic rings. The Kier molecular flexibility index (Phi) is 5.35. The van der Waals surface area contributed by atoms with Crippen molar-refractivity contribution in [2.24, 2.45) is 22.7 Å². The van der Waals surface area contributed by atoms with Crippen molar-refractivity contribution in [2.45, 2.75) is 78.4 Å². The van der Waals surface area contributed by atoms with Gasteiger partial charge in [0.05, 0.1) is 12.2 Å². The van der Waals surface area contributed by atoms with Gasteiger partial charge in [-0.3, -0.25) is 4.79 Å². The lowest BCUT2D eigenvalue weighted by molar-refractivity contribution is -0.137. The number of ketones is 1. The minimum absolute atomic E-state index is 0.00728. The molecule has 5 atom stereocenters. The van der Waals surface area contributed by atoms with E-state index in [0.717, 1.165) is 24.8 Å². The zero-order chi connectivity index (χ0) is 18.3. The van der Waals surface area contributed by atoms with Crippen LogP contribution >= 0.6 is 0 Å². The summed E-state index contributed by atoms with van der Waals surface area (Å²) in [5.41, 5.74) is -0.331. The first-order valence-corrected chi connectivity index (χ1v) is 9.19. The summed E-state index contributed by atoms with van der Waals surface area (Å²) in [6, 6.07) is 0. The zero-order valence-electron chi connectivity index (χ0n) is 15.8. The Bertz CT molecular complexity index is 520. The SMILES string of the molecule is CC1=CC(=O)C2C(C)(C)CCCC2(C)C1CCC(C)(O)C(O)CO. The predicted molar refractivity (Wildman–Crippen MR) is 94.4 cm³/mol. The highest BCUT2D eigenvalue weighted by Crippen LogP contribution is 2.59. The molecule has 2 rings (SSSR count). The largest absolute Gasteiger partial charge is 0.394 e. The number of rotatable bonds is 5. The van der Waals surface area contributed by atoms with Gasteiger partial charge in [0, 0.05) is 5.92 Å². The molecular weight excluding hydrogens is 304 g/mol. The van der Waals surface area contributed by atoms with Crippen LogP contribution in [0, 0.1) is 22.7 Å². The maximum Gasteiger partial charge on any atom is 0.159 e. The van der Waals surface area contributed by atoms with Crippen LogP contribution in [0.3, 0.4) is 0 Å². The Labute approximate surface area is 146 Å². The van der Waals surface area contributed by atoms with Crippen molar-refractivity contribution >= 4 is 5.78 Å². The summed E-state index contributed by atoms with van der Waals surface area (Å²) in [7, 11) is 0. The molecule has 0 heterocycles. The molecule has 2 aliphatic carbocycles. The zero-order valence-corrected chi connectivity index (χ0v) is 15.8. The molecule has 5 unspecified atom stereocenters. The van der Waals surface area contributed by atoms with Gasteiger partial charge in [0.15, 0.2) is 5.78 Å². The van der Waals surface area contributed by atoms with Crippen molar-refractivity contribution in [1.29, 1.82) is 0 Å². The fourth-order valence-electron chi connectivity index (χ4n) is 5.48. The third-order valence-corrected chi connectivity index (χ3v) is 6.81. The van der Waals surface area contributed by atoms with Gasteiger partial charge in [-0.15, -0.1) is 0 Å². The second kappa shape index (κ2) is 6.54. The minimum atomic E-state index is -1.31. The van der Waals surface area contributed by atoms with Crippen LogP contribution < -0.4 is 0 Å². The number of carbonyl (C=O) groups is 1. The number of carbonyl (C=O) groups excluding carboxylic acids is 1. The summed E-state index contributed by atoms with van der Waals surface area (Å²) in [6.07, 6.45) is 4.99. The minimum Gasteiger partial charge on any atom is -0.394 e. The van der Waals surface area contributed by atoms with E-state index in [1.807, 2.05) is 6.92 Å². The topological polar surface area (TPSA) is 77.8 Å². The molecule has 24 heavy (non-hydrogen) atoms. The first-order valence-electron chi connectivity index (χ1n) is 9.19. The van der Waals surface area contributed by atoms with Crippen molar-refractivity contribution < 1.29 is 20.1 Å². The van der Waals surface area contributed by atoms with Gasteiger partial charge in [0.2, 0.25) is 0 Å². The van der Waals surface area contributed by atoms with Crippen LogP contribution in [0.5, 0.6) is 0 Å². The number of aliphatic hydroxyl groups is 3. The first kappa shape index (κ1) is 19.6. The number of allylic oxidation sites excluding steroid dienone is 2. The van der Waals surface area contributed by atoms with Crippen LogP contribution in [-0.4, -0.2) is 39.4 Å². The lowest BCUT2D eigenvalue weighted by atomic mass is 9.47. The summed E-state index contributed by atoms with van der Waals surface area (Å²) in [5.74, 6) is 0.482. The predicted octanol–water partition coefficient (Wildman–Crippen LogP) is 2.85. The Hall–Kier alpha value is -0.710. The fraction of sp³-hybridized carbons (Fsp3) is 0.850. The summed E-state index contributed by atoms with van der Waals surface area (Å²) in [4.78, 5) is 12.8.